The molecule has 172 valence electrons. The monoisotopic (exact) mass is 480 g/mol. The third-order valence-corrected chi connectivity index (χ3v) is 7.41. The number of carbonyl (C=O) groups is 2. The molecule has 2 amide bonds. The van der Waals surface area contributed by atoms with E-state index in [9.17, 15) is 9.59 Å². The summed E-state index contributed by atoms with van der Waals surface area (Å²) >= 11 is 7.87. The van der Waals surface area contributed by atoms with E-state index in [2.05, 4.69) is 18.4 Å². The molecule has 1 aliphatic heterocycles. The van der Waals surface area contributed by atoms with Crippen molar-refractivity contribution in [1.82, 2.24) is 9.80 Å². The van der Waals surface area contributed by atoms with Gasteiger partial charge in [0.15, 0.2) is 0 Å². The Morgan fingerprint density at radius 2 is 1.82 bits per heavy atom. The van der Waals surface area contributed by atoms with Crippen LogP contribution in [0, 0.1) is 6.92 Å². The van der Waals surface area contributed by atoms with Crippen LogP contribution in [-0.4, -0.2) is 41.2 Å². The Hall–Kier alpha value is -2.63. The van der Waals surface area contributed by atoms with Crippen molar-refractivity contribution in [1.29, 1.82) is 0 Å². The summed E-state index contributed by atoms with van der Waals surface area (Å²) in [6, 6.07) is 17.2. The zero-order valence-electron chi connectivity index (χ0n) is 19.1. The summed E-state index contributed by atoms with van der Waals surface area (Å²) in [6.07, 6.45) is 2.66. The molecule has 0 fully saturated rings. The fourth-order valence-corrected chi connectivity index (χ4v) is 5.35. The van der Waals surface area contributed by atoms with Gasteiger partial charge in [-0.05, 0) is 66.6 Å². The third-order valence-electron chi connectivity index (χ3n) is 6.17. The molecule has 3 aromatic rings. The van der Waals surface area contributed by atoms with Gasteiger partial charge < -0.3 is 9.80 Å². The van der Waals surface area contributed by atoms with E-state index in [1.165, 1.54) is 10.4 Å². The van der Waals surface area contributed by atoms with Crippen molar-refractivity contribution in [3.63, 3.8) is 0 Å². The number of nitrogens with zero attached hydrogens (tertiary/aromatic N) is 2. The quantitative estimate of drug-likeness (QED) is 0.408. The number of aryl methyl sites for hydroxylation is 1. The minimum absolute atomic E-state index is 0.0247. The van der Waals surface area contributed by atoms with E-state index >= 15 is 0 Å². The van der Waals surface area contributed by atoms with Gasteiger partial charge in [-0.1, -0.05) is 54.8 Å². The normalized spacial score (nSPS) is 15.2. The number of carbonyl (C=O) groups excluding carboxylic acids is 2. The molecule has 1 unspecified atom stereocenters. The van der Waals surface area contributed by atoms with Crippen LogP contribution in [0.3, 0.4) is 0 Å². The lowest BCUT2D eigenvalue weighted by Gasteiger charge is -2.37. The van der Waals surface area contributed by atoms with Crippen LogP contribution in [0.1, 0.15) is 57.7 Å². The van der Waals surface area contributed by atoms with Crippen molar-refractivity contribution in [2.24, 2.45) is 0 Å². The average Bonchev–Trinajstić information content (AvgIpc) is 3.30. The summed E-state index contributed by atoms with van der Waals surface area (Å²) in [6.45, 7) is 5.38. The van der Waals surface area contributed by atoms with Crippen LogP contribution in [0.25, 0.3) is 0 Å². The molecule has 0 aliphatic carbocycles. The highest BCUT2D eigenvalue weighted by atomic mass is 35.5. The first kappa shape index (κ1) is 23.5. The van der Waals surface area contributed by atoms with Gasteiger partial charge in [0, 0.05) is 28.6 Å². The van der Waals surface area contributed by atoms with Gasteiger partial charge in [0.1, 0.15) is 6.54 Å². The predicted octanol–water partition coefficient (Wildman–Crippen LogP) is 6.13. The third kappa shape index (κ3) is 5.31. The van der Waals surface area contributed by atoms with Gasteiger partial charge >= 0.3 is 0 Å². The van der Waals surface area contributed by atoms with E-state index in [-0.39, 0.29) is 24.4 Å². The van der Waals surface area contributed by atoms with Gasteiger partial charge in [0.05, 0.1) is 6.04 Å². The number of halogens is 1. The lowest BCUT2D eigenvalue weighted by molar-refractivity contribution is -0.134. The maximum Gasteiger partial charge on any atom is 0.254 e. The zero-order chi connectivity index (χ0) is 23.4. The van der Waals surface area contributed by atoms with E-state index in [1.807, 2.05) is 60.4 Å². The Morgan fingerprint density at radius 1 is 1.09 bits per heavy atom. The maximum absolute atomic E-state index is 13.7. The molecule has 1 aromatic heterocycles. The summed E-state index contributed by atoms with van der Waals surface area (Å²) in [5.41, 5.74) is 3.94. The lowest BCUT2D eigenvalue weighted by Crippen LogP contribution is -2.47. The summed E-state index contributed by atoms with van der Waals surface area (Å²) < 4.78 is 0. The van der Waals surface area contributed by atoms with Gasteiger partial charge in [0.25, 0.3) is 5.91 Å². The Kier molecular flexibility index (Phi) is 7.51. The molecule has 2 heterocycles. The van der Waals surface area contributed by atoms with Gasteiger partial charge in [-0.25, -0.2) is 0 Å². The second-order valence-corrected chi connectivity index (χ2v) is 9.97. The Labute approximate surface area is 204 Å². The van der Waals surface area contributed by atoms with Crippen molar-refractivity contribution < 1.29 is 9.59 Å². The molecule has 1 atom stereocenters. The summed E-state index contributed by atoms with van der Waals surface area (Å²) in [4.78, 5) is 31.9. The zero-order valence-corrected chi connectivity index (χ0v) is 20.7. The summed E-state index contributed by atoms with van der Waals surface area (Å²) in [5.74, 6) is -0.114. The van der Waals surface area contributed by atoms with Crippen LogP contribution in [0.15, 0.2) is 60.0 Å². The predicted molar refractivity (Wildman–Crippen MR) is 135 cm³/mol. The minimum Gasteiger partial charge on any atom is -0.330 e. The summed E-state index contributed by atoms with van der Waals surface area (Å²) in [5, 5.41) is 2.77. The molecule has 0 bridgehead atoms. The van der Waals surface area contributed by atoms with Crippen LogP contribution >= 0.6 is 22.9 Å². The number of hydrogen-bond acceptors (Lipinski definition) is 3. The highest BCUT2D eigenvalue weighted by Crippen LogP contribution is 2.38. The maximum atomic E-state index is 13.7. The van der Waals surface area contributed by atoms with E-state index in [1.54, 1.807) is 16.2 Å². The van der Waals surface area contributed by atoms with E-state index in [0.29, 0.717) is 23.7 Å². The molecule has 0 spiro atoms. The number of unbranched alkanes of at least 4 members (excludes halogenated alkanes) is 1. The smallest absolute Gasteiger partial charge is 0.254 e. The molecule has 6 heteroatoms. The van der Waals surface area contributed by atoms with E-state index < -0.39 is 0 Å². The second kappa shape index (κ2) is 10.5. The van der Waals surface area contributed by atoms with Crippen LogP contribution < -0.4 is 0 Å². The lowest BCUT2D eigenvalue weighted by atomic mass is 9.93. The van der Waals surface area contributed by atoms with Crippen LogP contribution in [0.5, 0.6) is 0 Å². The molecule has 2 aromatic carbocycles. The molecule has 4 nitrogen and oxygen atoms in total. The molecule has 0 saturated carbocycles. The number of benzene rings is 2. The number of rotatable bonds is 7. The Morgan fingerprint density at radius 3 is 2.52 bits per heavy atom. The molecule has 0 saturated heterocycles. The number of thiophene rings is 1. The summed E-state index contributed by atoms with van der Waals surface area (Å²) in [7, 11) is 0. The molecule has 0 radical (unpaired) electrons. The van der Waals surface area contributed by atoms with Crippen molar-refractivity contribution in [2.75, 3.05) is 19.6 Å². The number of hydrogen-bond donors (Lipinski definition) is 0. The van der Waals surface area contributed by atoms with Crippen molar-refractivity contribution in [2.45, 2.75) is 39.2 Å². The van der Waals surface area contributed by atoms with Gasteiger partial charge in [0.2, 0.25) is 5.91 Å². The molecular weight excluding hydrogens is 452 g/mol. The first-order chi connectivity index (χ1) is 16.0. The fraction of sp³-hybridized carbons (Fsp3) is 0.333. The van der Waals surface area contributed by atoms with Gasteiger partial charge in [-0.3, -0.25) is 9.59 Å². The highest BCUT2D eigenvalue weighted by molar-refractivity contribution is 7.10. The van der Waals surface area contributed by atoms with Crippen LogP contribution in [0.4, 0.5) is 0 Å². The SMILES string of the molecule is CCCCN(CC(=O)N1CCc2sccc2C1c1ccc(Cl)cc1)C(=O)c1ccc(C)cc1. The van der Waals surface area contributed by atoms with Crippen LogP contribution in [-0.2, 0) is 11.2 Å². The van der Waals surface area contributed by atoms with Gasteiger partial charge in [-0.2, -0.15) is 0 Å². The number of amides is 2. The molecule has 0 N–H and O–H groups in total. The van der Waals surface area contributed by atoms with Crippen LogP contribution in [0.2, 0.25) is 5.02 Å². The topological polar surface area (TPSA) is 40.6 Å². The second-order valence-electron chi connectivity index (χ2n) is 8.54. The molecule has 1 aliphatic rings. The molecular formula is C27H29ClN2O2S. The number of fused-ring (bicyclic) bond motifs is 1. The van der Waals surface area contributed by atoms with E-state index in [0.717, 1.165) is 30.4 Å². The van der Waals surface area contributed by atoms with Gasteiger partial charge in [-0.15, -0.1) is 11.3 Å². The van der Waals surface area contributed by atoms with Crippen molar-refractivity contribution >= 4 is 34.8 Å². The van der Waals surface area contributed by atoms with Crippen molar-refractivity contribution in [3.05, 3.63) is 92.1 Å². The first-order valence-corrected chi connectivity index (χ1v) is 12.7. The van der Waals surface area contributed by atoms with E-state index in [4.69, 9.17) is 11.6 Å². The highest BCUT2D eigenvalue weighted by Gasteiger charge is 2.34. The Balaban J connectivity index is 1.60. The molecule has 33 heavy (non-hydrogen) atoms. The standard InChI is InChI=1S/C27H29ClN2O2S/c1-3-4-15-29(27(32)21-7-5-19(2)6-8-21)18-25(31)30-16-13-24-23(14-17-33-24)26(30)20-9-11-22(28)12-10-20/h5-12,14,17,26H,3-4,13,15-16,18H2,1-2H3. The largest absolute Gasteiger partial charge is 0.330 e. The first-order valence-electron chi connectivity index (χ1n) is 11.4. The molecule has 4 rings (SSSR count). The Bertz CT molecular complexity index is 1110. The fourth-order valence-electron chi connectivity index (χ4n) is 4.32. The van der Waals surface area contributed by atoms with Crippen molar-refractivity contribution in [3.8, 4) is 0 Å². The average molecular weight is 481 g/mol. The minimum atomic E-state index is -0.160.